The van der Waals surface area contributed by atoms with Gasteiger partial charge in [-0.1, -0.05) is 15.9 Å². The van der Waals surface area contributed by atoms with Crippen LogP contribution in [-0.2, 0) is 34.3 Å². The average molecular weight is 393 g/mol. The molecule has 0 N–H and O–H groups in total. The predicted octanol–water partition coefficient (Wildman–Crippen LogP) is 2.12. The number of thiophene rings is 1. The molecule has 0 bridgehead atoms. The van der Waals surface area contributed by atoms with Crippen molar-refractivity contribution in [2.45, 2.75) is 36.7 Å². The highest BCUT2D eigenvalue weighted by Crippen LogP contribution is 2.46. The van der Waals surface area contributed by atoms with Crippen LogP contribution in [0.1, 0.15) is 17.4 Å². The van der Waals surface area contributed by atoms with Crippen molar-refractivity contribution in [3.63, 3.8) is 0 Å². The quantitative estimate of drug-likeness (QED) is 0.577. The molecule has 1 aliphatic rings. The number of carbonyl (C=O) groups excluding carboxylic acids is 2. The second-order valence-corrected chi connectivity index (χ2v) is 7.18. The molecule has 0 amide bonds. The van der Waals surface area contributed by atoms with Crippen LogP contribution >= 0.6 is 27.3 Å². The summed E-state index contributed by atoms with van der Waals surface area (Å²) in [7, 11) is 2.46. The van der Waals surface area contributed by atoms with Crippen LogP contribution in [0.15, 0.2) is 11.4 Å². The maximum Gasteiger partial charge on any atom is 0.338 e. The van der Waals surface area contributed by atoms with Crippen molar-refractivity contribution >= 4 is 39.2 Å². The Morgan fingerprint density at radius 3 is 2.09 bits per heavy atom. The van der Waals surface area contributed by atoms with Crippen LogP contribution in [0.25, 0.3) is 0 Å². The third-order valence-corrected chi connectivity index (χ3v) is 5.09. The van der Waals surface area contributed by atoms with Gasteiger partial charge in [0.05, 0.1) is 23.9 Å². The van der Waals surface area contributed by atoms with Gasteiger partial charge >= 0.3 is 11.9 Å². The number of ether oxygens (including phenoxy) is 4. The third kappa shape index (κ3) is 2.92. The molecule has 22 heavy (non-hydrogen) atoms. The molecule has 0 saturated carbocycles. The molecule has 1 fully saturated rings. The number of aryl methyl sites for hydroxylation is 1. The largest absolute Gasteiger partial charge is 0.467 e. The molecule has 122 valence electrons. The molecule has 0 radical (unpaired) electrons. The highest BCUT2D eigenvalue weighted by molar-refractivity contribution is 9.09. The number of esters is 2. The Morgan fingerprint density at radius 1 is 1.27 bits per heavy atom. The van der Waals surface area contributed by atoms with Gasteiger partial charge in [0.25, 0.3) is 0 Å². The van der Waals surface area contributed by atoms with Crippen molar-refractivity contribution in [2.75, 3.05) is 14.2 Å². The standard InChI is InChI=1S/C14H17BrO6S/c1-7-5-9(22-6-7)14(8(2)15)20-10(12(16)18-3)11(21-14)13(17)19-4/h5-6,8,10-11H,1-4H3/t8?,10-,11-/m1/s1. The van der Waals surface area contributed by atoms with Gasteiger partial charge in [-0.25, -0.2) is 9.59 Å². The van der Waals surface area contributed by atoms with Crippen molar-refractivity contribution in [1.29, 1.82) is 0 Å². The number of hydrogen-bond donors (Lipinski definition) is 0. The van der Waals surface area contributed by atoms with Gasteiger partial charge in [-0.05, 0) is 30.9 Å². The Balaban J connectivity index is 2.44. The zero-order chi connectivity index (χ0) is 16.5. The van der Waals surface area contributed by atoms with Crippen LogP contribution < -0.4 is 0 Å². The molecular formula is C14H17BrO6S. The third-order valence-electron chi connectivity index (χ3n) is 3.34. The predicted molar refractivity (Wildman–Crippen MR) is 82.9 cm³/mol. The molecule has 0 aromatic carbocycles. The maximum atomic E-state index is 11.9. The zero-order valence-corrected chi connectivity index (χ0v) is 15.0. The van der Waals surface area contributed by atoms with Crippen LogP contribution in [0.5, 0.6) is 0 Å². The molecule has 1 aromatic rings. The van der Waals surface area contributed by atoms with Crippen LogP contribution in [0, 0.1) is 6.92 Å². The number of alkyl halides is 1. The number of carbonyl (C=O) groups is 2. The molecule has 1 aliphatic heterocycles. The fourth-order valence-corrected chi connectivity index (χ4v) is 3.90. The van der Waals surface area contributed by atoms with Crippen molar-refractivity contribution in [1.82, 2.24) is 0 Å². The van der Waals surface area contributed by atoms with Gasteiger partial charge in [0.1, 0.15) is 0 Å². The van der Waals surface area contributed by atoms with Gasteiger partial charge < -0.3 is 18.9 Å². The van der Waals surface area contributed by atoms with E-state index in [9.17, 15) is 9.59 Å². The minimum Gasteiger partial charge on any atom is -0.467 e. The minimum atomic E-state index is -1.25. The molecule has 3 atom stereocenters. The zero-order valence-electron chi connectivity index (χ0n) is 12.6. The van der Waals surface area contributed by atoms with E-state index in [1.165, 1.54) is 25.6 Å². The Hall–Kier alpha value is -0.960. The molecule has 2 rings (SSSR count). The first kappa shape index (κ1) is 17.4. The van der Waals surface area contributed by atoms with Gasteiger partial charge in [0, 0.05) is 0 Å². The summed E-state index contributed by atoms with van der Waals surface area (Å²) in [5, 5.41) is 1.94. The van der Waals surface area contributed by atoms with E-state index in [0.29, 0.717) is 0 Å². The SMILES string of the molecule is COC(=O)[C@@H]1OC(c2cc(C)cs2)(C(C)Br)O[C@H]1C(=O)OC. The first-order valence-electron chi connectivity index (χ1n) is 6.56. The van der Waals surface area contributed by atoms with Gasteiger partial charge in [-0.3, -0.25) is 0 Å². The van der Waals surface area contributed by atoms with Crippen LogP contribution in [0.4, 0.5) is 0 Å². The normalized spacial score (nSPS) is 24.8. The molecular weight excluding hydrogens is 376 g/mol. The van der Waals surface area contributed by atoms with Crippen molar-refractivity contribution in [3.8, 4) is 0 Å². The van der Waals surface area contributed by atoms with E-state index in [2.05, 4.69) is 15.9 Å². The smallest absolute Gasteiger partial charge is 0.338 e. The summed E-state index contributed by atoms with van der Waals surface area (Å²) in [5.74, 6) is -2.62. The van der Waals surface area contributed by atoms with E-state index in [0.717, 1.165) is 10.4 Å². The number of methoxy groups -OCH3 is 2. The number of hydrogen-bond acceptors (Lipinski definition) is 7. The lowest BCUT2D eigenvalue weighted by Gasteiger charge is -2.29. The number of rotatable bonds is 4. The fraction of sp³-hybridized carbons (Fsp3) is 0.571. The first-order chi connectivity index (χ1) is 10.4. The van der Waals surface area contributed by atoms with Crippen LogP contribution in [-0.4, -0.2) is 43.2 Å². The Bertz CT molecular complexity index is 545. The Kier molecular flexibility index (Phi) is 5.26. The Labute approximate surface area is 140 Å². The molecule has 0 spiro atoms. The second-order valence-electron chi connectivity index (χ2n) is 4.90. The van der Waals surface area contributed by atoms with Gasteiger partial charge in [-0.2, -0.15) is 0 Å². The van der Waals surface area contributed by atoms with E-state index in [-0.39, 0.29) is 4.83 Å². The molecule has 8 heteroatoms. The summed E-state index contributed by atoms with van der Waals surface area (Å²) in [6.45, 7) is 3.76. The molecule has 2 heterocycles. The second kappa shape index (κ2) is 6.66. The van der Waals surface area contributed by atoms with E-state index in [1.807, 2.05) is 25.3 Å². The summed E-state index contributed by atoms with van der Waals surface area (Å²) in [5.41, 5.74) is 1.04. The fourth-order valence-electron chi connectivity index (χ4n) is 2.22. The lowest BCUT2D eigenvalue weighted by molar-refractivity contribution is -0.190. The first-order valence-corrected chi connectivity index (χ1v) is 8.36. The van der Waals surface area contributed by atoms with Crippen molar-refractivity contribution in [3.05, 3.63) is 21.9 Å². The van der Waals surface area contributed by atoms with E-state index in [4.69, 9.17) is 18.9 Å². The lowest BCUT2D eigenvalue weighted by Crippen LogP contribution is -2.38. The van der Waals surface area contributed by atoms with Crippen LogP contribution in [0.2, 0.25) is 0 Å². The highest BCUT2D eigenvalue weighted by atomic mass is 79.9. The maximum absolute atomic E-state index is 11.9. The summed E-state index contributed by atoms with van der Waals surface area (Å²) >= 11 is 4.89. The van der Waals surface area contributed by atoms with Crippen molar-refractivity contribution in [2.24, 2.45) is 0 Å². The Morgan fingerprint density at radius 2 is 1.77 bits per heavy atom. The average Bonchev–Trinajstić information content (AvgIpc) is 3.10. The summed E-state index contributed by atoms with van der Waals surface area (Å²) in [4.78, 5) is 24.3. The molecule has 1 unspecified atom stereocenters. The van der Waals surface area contributed by atoms with Crippen LogP contribution in [0.3, 0.4) is 0 Å². The highest BCUT2D eigenvalue weighted by Gasteiger charge is 2.58. The van der Waals surface area contributed by atoms with E-state index in [1.54, 1.807) is 0 Å². The van der Waals surface area contributed by atoms with Gasteiger partial charge in [-0.15, -0.1) is 11.3 Å². The van der Waals surface area contributed by atoms with Gasteiger partial charge in [0.2, 0.25) is 5.79 Å². The summed E-state index contributed by atoms with van der Waals surface area (Å²) < 4.78 is 21.1. The van der Waals surface area contributed by atoms with Crippen molar-refractivity contribution < 1.29 is 28.5 Å². The molecule has 1 saturated heterocycles. The topological polar surface area (TPSA) is 71.1 Å². The molecule has 6 nitrogen and oxygen atoms in total. The van der Waals surface area contributed by atoms with E-state index >= 15 is 0 Å². The summed E-state index contributed by atoms with van der Waals surface area (Å²) in [6.07, 6.45) is -2.36. The molecule has 0 aliphatic carbocycles. The number of halogens is 1. The molecule has 1 aromatic heterocycles. The monoisotopic (exact) mass is 392 g/mol. The lowest BCUT2D eigenvalue weighted by atomic mass is 10.1. The van der Waals surface area contributed by atoms with Gasteiger partial charge in [0.15, 0.2) is 12.2 Å². The van der Waals surface area contributed by atoms with E-state index < -0.39 is 29.9 Å². The summed E-state index contributed by atoms with van der Waals surface area (Å²) in [6, 6.07) is 1.90. The minimum absolute atomic E-state index is 0.306.